The number of aromatic nitrogens is 1. The Labute approximate surface area is 187 Å². The number of piperazine rings is 1. The maximum atomic E-state index is 12.7. The van der Waals surface area contributed by atoms with Crippen molar-refractivity contribution in [1.82, 2.24) is 14.8 Å². The molecule has 1 aliphatic heterocycles. The first kappa shape index (κ1) is 21.3. The second-order valence-corrected chi connectivity index (χ2v) is 9.04. The normalized spacial score (nSPS) is 14.6. The number of benzene rings is 2. The number of carbonyl (C=O) groups excluding carboxylic acids is 1. The van der Waals surface area contributed by atoms with Crippen molar-refractivity contribution >= 4 is 22.9 Å². The minimum atomic E-state index is -0.135. The molecule has 2 aromatic carbocycles. The number of amides is 1. The summed E-state index contributed by atoms with van der Waals surface area (Å²) >= 11 is 1.56. The van der Waals surface area contributed by atoms with Gasteiger partial charge in [0.15, 0.2) is 0 Å². The molecule has 158 valence electrons. The van der Waals surface area contributed by atoms with Gasteiger partial charge >= 0.3 is 0 Å². The van der Waals surface area contributed by atoms with Crippen LogP contribution in [-0.4, -0.2) is 53.9 Å². The maximum absolute atomic E-state index is 12.7. The van der Waals surface area contributed by atoms with Crippen molar-refractivity contribution in [3.8, 4) is 11.8 Å². The predicted octanol–water partition coefficient (Wildman–Crippen LogP) is 3.85. The summed E-state index contributed by atoms with van der Waals surface area (Å²) in [6.45, 7) is 7.32. The Hall–Kier alpha value is -2.98. The number of thiazole rings is 1. The van der Waals surface area contributed by atoms with Gasteiger partial charge in [-0.2, -0.15) is 0 Å². The van der Waals surface area contributed by atoms with Crippen LogP contribution in [0.1, 0.15) is 31.4 Å². The van der Waals surface area contributed by atoms with Crippen molar-refractivity contribution in [2.75, 3.05) is 38.5 Å². The highest BCUT2D eigenvalue weighted by atomic mass is 32.1. The number of carbonyl (C=O) groups is 1. The van der Waals surface area contributed by atoms with Gasteiger partial charge in [0.05, 0.1) is 16.1 Å². The first-order valence-corrected chi connectivity index (χ1v) is 11.2. The lowest BCUT2D eigenvalue weighted by Gasteiger charge is -2.32. The minimum absolute atomic E-state index is 0.135. The molecule has 1 saturated heterocycles. The fourth-order valence-corrected chi connectivity index (χ4v) is 4.08. The van der Waals surface area contributed by atoms with Crippen molar-refractivity contribution in [3.63, 3.8) is 0 Å². The topological polar surface area (TPSA) is 48.5 Å². The second kappa shape index (κ2) is 9.88. The molecule has 3 aromatic rings. The highest BCUT2D eigenvalue weighted by Crippen LogP contribution is 2.15. The van der Waals surface area contributed by atoms with E-state index in [0.717, 1.165) is 53.9 Å². The van der Waals surface area contributed by atoms with Gasteiger partial charge in [-0.15, -0.1) is 11.3 Å². The number of rotatable bonds is 4. The molecule has 5 nitrogen and oxygen atoms in total. The van der Waals surface area contributed by atoms with Gasteiger partial charge in [-0.3, -0.25) is 9.69 Å². The summed E-state index contributed by atoms with van der Waals surface area (Å²) < 4.78 is 0. The molecular formula is C25H26N4OS. The Morgan fingerprint density at radius 3 is 2.58 bits per heavy atom. The fourth-order valence-electron chi connectivity index (χ4n) is 3.45. The van der Waals surface area contributed by atoms with Gasteiger partial charge in [0.25, 0.3) is 5.91 Å². The average Bonchev–Trinajstić information content (AvgIpc) is 3.20. The van der Waals surface area contributed by atoms with E-state index in [2.05, 4.69) is 51.1 Å². The molecule has 4 rings (SSSR count). The van der Waals surface area contributed by atoms with Crippen LogP contribution >= 0.6 is 11.3 Å². The Balaban J connectivity index is 1.36. The summed E-state index contributed by atoms with van der Waals surface area (Å²) in [5.74, 6) is 6.09. The summed E-state index contributed by atoms with van der Waals surface area (Å²) in [4.78, 5) is 22.7. The smallest absolute Gasteiger partial charge is 0.255 e. The molecule has 0 aliphatic carbocycles. The number of hydrogen-bond donors (Lipinski definition) is 1. The third-order valence-electron chi connectivity index (χ3n) is 5.29. The van der Waals surface area contributed by atoms with Crippen molar-refractivity contribution in [3.05, 3.63) is 81.3 Å². The molecular weight excluding hydrogens is 404 g/mol. The summed E-state index contributed by atoms with van der Waals surface area (Å²) in [7, 11) is 2.17. The monoisotopic (exact) mass is 430 g/mol. The molecule has 1 N–H and O–H groups in total. The molecule has 31 heavy (non-hydrogen) atoms. The van der Waals surface area contributed by atoms with Crippen LogP contribution in [0, 0.1) is 18.8 Å². The van der Waals surface area contributed by atoms with Crippen LogP contribution in [0.4, 0.5) is 5.69 Å². The number of hydrogen-bond acceptors (Lipinski definition) is 5. The first-order chi connectivity index (χ1) is 15.0. The van der Waals surface area contributed by atoms with Crippen LogP contribution in [0.15, 0.2) is 54.7 Å². The molecule has 0 radical (unpaired) electrons. The third kappa shape index (κ3) is 6.02. The quantitative estimate of drug-likeness (QED) is 0.639. The van der Waals surface area contributed by atoms with Crippen LogP contribution in [0.25, 0.3) is 0 Å². The SMILES string of the molecule is Cc1ncc(C#Cc2cccc(C(=O)Nc3ccc(CN4CCN(C)CC4)cc3)c2)s1. The summed E-state index contributed by atoms with van der Waals surface area (Å²) in [6, 6.07) is 15.5. The van der Waals surface area contributed by atoms with Crippen LogP contribution in [0.5, 0.6) is 0 Å². The largest absolute Gasteiger partial charge is 0.322 e. The summed E-state index contributed by atoms with van der Waals surface area (Å²) in [5.41, 5.74) is 3.46. The number of nitrogens with zero attached hydrogens (tertiary/aromatic N) is 3. The molecule has 1 fully saturated rings. The van der Waals surface area contributed by atoms with E-state index < -0.39 is 0 Å². The minimum Gasteiger partial charge on any atom is -0.322 e. The van der Waals surface area contributed by atoms with Crippen LogP contribution in [-0.2, 0) is 6.54 Å². The molecule has 2 heterocycles. The van der Waals surface area contributed by atoms with Crippen molar-refractivity contribution in [2.24, 2.45) is 0 Å². The van der Waals surface area contributed by atoms with E-state index in [1.807, 2.05) is 37.3 Å². The Morgan fingerprint density at radius 1 is 1.10 bits per heavy atom. The number of anilines is 1. The molecule has 0 spiro atoms. The van der Waals surface area contributed by atoms with Gasteiger partial charge in [-0.05, 0) is 55.8 Å². The van der Waals surface area contributed by atoms with Crippen molar-refractivity contribution in [1.29, 1.82) is 0 Å². The Kier molecular flexibility index (Phi) is 6.78. The van der Waals surface area contributed by atoms with Gasteiger partial charge < -0.3 is 10.2 Å². The summed E-state index contributed by atoms with van der Waals surface area (Å²) in [5, 5.41) is 3.98. The van der Waals surface area contributed by atoms with Crippen LogP contribution < -0.4 is 5.32 Å². The van der Waals surface area contributed by atoms with E-state index in [1.165, 1.54) is 5.56 Å². The fraction of sp³-hybridized carbons (Fsp3) is 0.280. The molecule has 0 bridgehead atoms. The van der Waals surface area contributed by atoms with Gasteiger partial charge in [-0.25, -0.2) is 4.98 Å². The van der Waals surface area contributed by atoms with E-state index in [1.54, 1.807) is 23.6 Å². The summed E-state index contributed by atoms with van der Waals surface area (Å²) in [6.07, 6.45) is 1.77. The zero-order chi connectivity index (χ0) is 21.6. The zero-order valence-electron chi connectivity index (χ0n) is 17.9. The number of nitrogens with one attached hydrogen (secondary N) is 1. The van der Waals surface area contributed by atoms with Gasteiger partial charge in [-0.1, -0.05) is 24.1 Å². The molecule has 0 unspecified atom stereocenters. The highest BCUT2D eigenvalue weighted by Gasteiger charge is 2.14. The van der Waals surface area contributed by atoms with Crippen molar-refractivity contribution in [2.45, 2.75) is 13.5 Å². The maximum Gasteiger partial charge on any atom is 0.255 e. The van der Waals surface area contributed by atoms with Gasteiger partial charge in [0.1, 0.15) is 0 Å². The van der Waals surface area contributed by atoms with E-state index in [9.17, 15) is 4.79 Å². The molecule has 0 atom stereocenters. The van der Waals surface area contributed by atoms with E-state index in [4.69, 9.17) is 0 Å². The molecule has 0 saturated carbocycles. The molecule has 1 aromatic heterocycles. The lowest BCUT2D eigenvalue weighted by Crippen LogP contribution is -2.43. The third-order valence-corrected chi connectivity index (χ3v) is 6.12. The Morgan fingerprint density at radius 2 is 1.87 bits per heavy atom. The standard InChI is InChI=1S/C25H26N4OS/c1-19-26-17-24(31-19)11-8-20-4-3-5-22(16-20)25(30)27-23-9-6-21(7-10-23)18-29-14-12-28(2)13-15-29/h3-7,9-10,16-17H,12-15,18H2,1-2H3,(H,27,30). The first-order valence-electron chi connectivity index (χ1n) is 10.4. The van der Waals surface area contributed by atoms with E-state index >= 15 is 0 Å². The zero-order valence-corrected chi connectivity index (χ0v) is 18.7. The average molecular weight is 431 g/mol. The number of aryl methyl sites for hydroxylation is 1. The highest BCUT2D eigenvalue weighted by molar-refractivity contribution is 7.12. The van der Waals surface area contributed by atoms with E-state index in [0.29, 0.717) is 5.56 Å². The molecule has 6 heteroatoms. The Bertz CT molecular complexity index is 1100. The van der Waals surface area contributed by atoms with E-state index in [-0.39, 0.29) is 5.91 Å². The molecule has 1 amide bonds. The predicted molar refractivity (Wildman–Crippen MR) is 126 cm³/mol. The van der Waals surface area contributed by atoms with Crippen LogP contribution in [0.3, 0.4) is 0 Å². The van der Waals surface area contributed by atoms with Gasteiger partial charge in [0.2, 0.25) is 0 Å². The number of likely N-dealkylation sites (N-methyl/N-ethyl adjacent to an activating group) is 1. The lowest BCUT2D eigenvalue weighted by atomic mass is 10.1. The second-order valence-electron chi connectivity index (χ2n) is 7.80. The van der Waals surface area contributed by atoms with Crippen molar-refractivity contribution < 1.29 is 4.79 Å². The molecule has 1 aliphatic rings. The van der Waals surface area contributed by atoms with Crippen LogP contribution in [0.2, 0.25) is 0 Å². The van der Waals surface area contributed by atoms with Gasteiger partial charge in [0, 0.05) is 49.5 Å². The lowest BCUT2D eigenvalue weighted by molar-refractivity contribution is 0.102.